The number of halogens is 3. The maximum atomic E-state index is 13.1. The molecule has 0 radical (unpaired) electrons. The average Bonchev–Trinajstić information content (AvgIpc) is 3.15. The summed E-state index contributed by atoms with van der Waals surface area (Å²) in [5.74, 6) is -3.92. The summed E-state index contributed by atoms with van der Waals surface area (Å²) in [7, 11) is -3.77. The molecule has 0 aliphatic carbocycles. The Labute approximate surface area is 143 Å². The molecule has 1 aromatic rings. The molecule has 6 nitrogen and oxygen atoms in total. The molecule has 0 saturated carbocycles. The topological polar surface area (TPSA) is 92.5 Å². The second-order valence-corrected chi connectivity index (χ2v) is 8.05. The number of thiophene rings is 1. The smallest absolute Gasteiger partial charge is 0.277 e. The van der Waals surface area contributed by atoms with Crippen molar-refractivity contribution in [1.82, 2.24) is 9.62 Å². The number of nitrogens with one attached hydrogen (secondary N) is 1. The number of alkyl halides is 2. The van der Waals surface area contributed by atoms with Crippen LogP contribution in [-0.2, 0) is 14.8 Å². The van der Waals surface area contributed by atoms with Gasteiger partial charge in [0.2, 0.25) is 5.91 Å². The van der Waals surface area contributed by atoms with Crippen molar-refractivity contribution < 1.29 is 22.0 Å². The van der Waals surface area contributed by atoms with Gasteiger partial charge in [-0.1, -0.05) is 6.07 Å². The normalized spacial score (nSPS) is 19.3. The number of rotatable bonds is 6. The summed E-state index contributed by atoms with van der Waals surface area (Å²) in [5, 5.41) is 3.72. The molecule has 11 heteroatoms. The van der Waals surface area contributed by atoms with E-state index in [0.717, 1.165) is 15.6 Å². The zero-order valence-corrected chi connectivity index (χ0v) is 14.5. The molecule has 132 valence electrons. The molecule has 2 rings (SSSR count). The highest BCUT2D eigenvalue weighted by atomic mass is 35.5. The highest BCUT2D eigenvalue weighted by Gasteiger charge is 2.40. The van der Waals surface area contributed by atoms with E-state index in [1.54, 1.807) is 11.4 Å². The van der Waals surface area contributed by atoms with Crippen LogP contribution in [0.15, 0.2) is 21.7 Å². The van der Waals surface area contributed by atoms with Crippen molar-refractivity contribution >= 4 is 39.7 Å². The third-order valence-corrected chi connectivity index (χ3v) is 6.67. The molecule has 3 N–H and O–H groups in total. The first-order valence-corrected chi connectivity index (χ1v) is 9.01. The van der Waals surface area contributed by atoms with Crippen LogP contribution < -0.4 is 11.1 Å². The van der Waals surface area contributed by atoms with Crippen molar-refractivity contribution in [1.29, 1.82) is 0 Å². The Morgan fingerprint density at radius 3 is 2.78 bits per heavy atom. The van der Waals surface area contributed by atoms with E-state index in [0.29, 0.717) is 12.8 Å². The predicted octanol–water partition coefficient (Wildman–Crippen LogP) is 1.03. The quantitative estimate of drug-likeness (QED) is 0.760. The number of sulfonamides is 1. The van der Waals surface area contributed by atoms with Crippen molar-refractivity contribution in [2.45, 2.75) is 29.0 Å². The molecule has 1 aliphatic rings. The molecule has 1 amide bonds. The molecule has 1 aliphatic heterocycles. The van der Waals surface area contributed by atoms with E-state index >= 15 is 0 Å². The van der Waals surface area contributed by atoms with Crippen LogP contribution in [0.1, 0.15) is 12.8 Å². The van der Waals surface area contributed by atoms with Crippen molar-refractivity contribution in [2.75, 3.05) is 19.6 Å². The van der Waals surface area contributed by atoms with Crippen molar-refractivity contribution in [2.24, 2.45) is 5.73 Å². The fourth-order valence-electron chi connectivity index (χ4n) is 2.22. The molecular weight excluding hydrogens is 372 g/mol. The lowest BCUT2D eigenvalue weighted by molar-refractivity contribution is -0.126. The van der Waals surface area contributed by atoms with Gasteiger partial charge in [-0.05, 0) is 24.3 Å². The number of carbonyl (C=O) groups excluding carboxylic acids is 1. The summed E-state index contributed by atoms with van der Waals surface area (Å²) >= 11 is 1.05. The minimum Gasteiger partial charge on any atom is -0.349 e. The third kappa shape index (κ3) is 4.60. The highest BCUT2D eigenvalue weighted by molar-refractivity contribution is 7.91. The summed E-state index contributed by atoms with van der Waals surface area (Å²) in [6, 6.07) is 2.10. The van der Waals surface area contributed by atoms with Gasteiger partial charge in [-0.3, -0.25) is 4.79 Å². The Morgan fingerprint density at radius 2 is 2.22 bits per heavy atom. The second kappa shape index (κ2) is 7.84. The SMILES string of the molecule is Cl.NCC(F)(F)CNC(=O)C1CCCN1S(=O)(=O)c1cccs1. The number of nitrogens with two attached hydrogens (primary N) is 1. The molecule has 2 heterocycles. The number of hydrogen-bond donors (Lipinski definition) is 2. The largest absolute Gasteiger partial charge is 0.349 e. The van der Waals surface area contributed by atoms with Crippen LogP contribution in [0.5, 0.6) is 0 Å². The van der Waals surface area contributed by atoms with Crippen LogP contribution in [0.2, 0.25) is 0 Å². The molecule has 0 aromatic carbocycles. The lowest BCUT2D eigenvalue weighted by atomic mass is 10.2. The van der Waals surface area contributed by atoms with Gasteiger partial charge in [-0.15, -0.1) is 23.7 Å². The van der Waals surface area contributed by atoms with Crippen molar-refractivity contribution in [3.05, 3.63) is 17.5 Å². The van der Waals surface area contributed by atoms with Gasteiger partial charge in [0, 0.05) is 6.54 Å². The first-order valence-electron chi connectivity index (χ1n) is 6.69. The molecule has 23 heavy (non-hydrogen) atoms. The van der Waals surface area contributed by atoms with Gasteiger partial charge in [-0.2, -0.15) is 4.31 Å². The fourth-order valence-corrected chi connectivity index (χ4v) is 5.00. The van der Waals surface area contributed by atoms with Crippen LogP contribution in [0.25, 0.3) is 0 Å². The number of hydrogen-bond acceptors (Lipinski definition) is 5. The van der Waals surface area contributed by atoms with E-state index in [1.165, 1.54) is 6.07 Å². The monoisotopic (exact) mass is 389 g/mol. The zero-order chi connectivity index (χ0) is 16.4. The molecule has 1 aromatic heterocycles. The molecule has 0 bridgehead atoms. The summed E-state index contributed by atoms with van der Waals surface area (Å²) in [6.45, 7) is -1.58. The van der Waals surface area contributed by atoms with E-state index < -0.39 is 41.0 Å². The van der Waals surface area contributed by atoms with Gasteiger partial charge in [-0.25, -0.2) is 17.2 Å². The maximum absolute atomic E-state index is 13.1. The third-order valence-electron chi connectivity index (χ3n) is 3.38. The van der Waals surface area contributed by atoms with Crippen LogP contribution >= 0.6 is 23.7 Å². The van der Waals surface area contributed by atoms with Gasteiger partial charge in [0.05, 0.1) is 13.1 Å². The molecule has 1 unspecified atom stereocenters. The van der Waals surface area contributed by atoms with Crippen LogP contribution in [0.4, 0.5) is 8.78 Å². The fraction of sp³-hybridized carbons (Fsp3) is 0.583. The van der Waals surface area contributed by atoms with E-state index in [1.807, 2.05) is 0 Å². The van der Waals surface area contributed by atoms with Gasteiger partial charge >= 0.3 is 0 Å². The molecule has 0 spiro atoms. The Hall–Kier alpha value is -0.810. The maximum Gasteiger partial charge on any atom is 0.277 e. The molecule has 1 saturated heterocycles. The van der Waals surface area contributed by atoms with Crippen molar-refractivity contribution in [3.8, 4) is 0 Å². The van der Waals surface area contributed by atoms with Gasteiger partial charge in [0.15, 0.2) is 0 Å². The molecule has 1 atom stereocenters. The van der Waals surface area contributed by atoms with E-state index in [9.17, 15) is 22.0 Å². The number of amides is 1. The Balaban J connectivity index is 0.00000264. The standard InChI is InChI=1S/C12H17F2N3O3S2.ClH/c13-12(14,7-15)8-16-11(18)9-3-1-5-17(9)22(19,20)10-4-2-6-21-10;/h2,4,6,9H,1,3,5,7-8,15H2,(H,16,18);1H. The summed E-state index contributed by atoms with van der Waals surface area (Å²) < 4.78 is 52.3. The lowest BCUT2D eigenvalue weighted by Gasteiger charge is -2.23. The first kappa shape index (κ1) is 20.2. The summed E-state index contributed by atoms with van der Waals surface area (Å²) in [4.78, 5) is 12.0. The van der Waals surface area contributed by atoms with Gasteiger partial charge in [0.25, 0.3) is 15.9 Å². The van der Waals surface area contributed by atoms with Crippen LogP contribution in [0.3, 0.4) is 0 Å². The van der Waals surface area contributed by atoms with Gasteiger partial charge < -0.3 is 11.1 Å². The Kier molecular flexibility index (Phi) is 6.90. The Bertz CT molecular complexity index is 626. The summed E-state index contributed by atoms with van der Waals surface area (Å²) in [5.41, 5.74) is 4.90. The van der Waals surface area contributed by atoms with Crippen molar-refractivity contribution in [3.63, 3.8) is 0 Å². The Morgan fingerprint density at radius 1 is 1.52 bits per heavy atom. The minimum absolute atomic E-state index is 0. The molecular formula is C12H18ClF2N3O3S2. The average molecular weight is 390 g/mol. The van der Waals surface area contributed by atoms with Crippen LogP contribution in [0, 0.1) is 0 Å². The first-order chi connectivity index (χ1) is 10.3. The summed E-state index contributed by atoms with van der Waals surface area (Å²) in [6.07, 6.45) is 0.820. The van der Waals surface area contributed by atoms with E-state index in [4.69, 9.17) is 5.73 Å². The number of nitrogens with zero attached hydrogens (tertiary/aromatic N) is 1. The second-order valence-electron chi connectivity index (χ2n) is 4.98. The van der Waals surface area contributed by atoms with Gasteiger partial charge in [0.1, 0.15) is 10.3 Å². The highest BCUT2D eigenvalue weighted by Crippen LogP contribution is 2.28. The van der Waals surface area contributed by atoms with E-state index in [2.05, 4.69) is 5.32 Å². The zero-order valence-electron chi connectivity index (χ0n) is 12.1. The number of carbonyl (C=O) groups is 1. The lowest BCUT2D eigenvalue weighted by Crippen LogP contribution is -2.49. The predicted molar refractivity (Wildman–Crippen MR) is 85.5 cm³/mol. The van der Waals surface area contributed by atoms with E-state index in [-0.39, 0.29) is 23.2 Å². The molecule has 1 fully saturated rings. The van der Waals surface area contributed by atoms with Crippen LogP contribution in [-0.4, -0.2) is 50.2 Å². The minimum atomic E-state index is -3.77.